The lowest BCUT2D eigenvalue weighted by atomic mass is 9.76. The van der Waals surface area contributed by atoms with Crippen molar-refractivity contribution in [1.29, 1.82) is 0 Å². The Labute approximate surface area is 140 Å². The van der Waals surface area contributed by atoms with Gasteiger partial charge in [-0.1, -0.05) is 29.3 Å². The minimum absolute atomic E-state index is 0.0936. The van der Waals surface area contributed by atoms with E-state index in [2.05, 4.69) is 10.6 Å². The van der Waals surface area contributed by atoms with Crippen molar-refractivity contribution in [3.05, 3.63) is 33.8 Å². The van der Waals surface area contributed by atoms with E-state index in [1.807, 2.05) is 25.1 Å². The summed E-state index contributed by atoms with van der Waals surface area (Å²) >= 11 is 12.0. The molecule has 4 nitrogen and oxygen atoms in total. The zero-order valence-corrected chi connectivity index (χ0v) is 14.0. The van der Waals surface area contributed by atoms with Gasteiger partial charge in [0.05, 0.1) is 22.2 Å². The van der Waals surface area contributed by atoms with E-state index in [-0.39, 0.29) is 24.2 Å². The van der Waals surface area contributed by atoms with E-state index in [1.54, 1.807) is 0 Å². The van der Waals surface area contributed by atoms with Gasteiger partial charge >= 0.3 is 6.03 Å². The summed E-state index contributed by atoms with van der Waals surface area (Å²) in [6, 6.07) is 5.99. The van der Waals surface area contributed by atoms with Crippen LogP contribution in [-0.4, -0.2) is 30.8 Å². The minimum Gasteiger partial charge on any atom is -0.376 e. The predicted octanol–water partition coefficient (Wildman–Crippen LogP) is 3.72. The van der Waals surface area contributed by atoms with Crippen molar-refractivity contribution >= 4 is 29.2 Å². The highest BCUT2D eigenvalue weighted by Crippen LogP contribution is 2.38. The predicted molar refractivity (Wildman–Crippen MR) is 87.7 cm³/mol. The first-order valence-corrected chi connectivity index (χ1v) is 8.42. The Kier molecular flexibility index (Phi) is 4.81. The third-order valence-electron chi connectivity index (χ3n) is 4.58. The molecular formula is C16H20Cl2N2O2. The molecule has 1 aliphatic heterocycles. The topological polar surface area (TPSA) is 50.4 Å². The summed E-state index contributed by atoms with van der Waals surface area (Å²) in [7, 11) is 0. The molecule has 2 N–H and O–H groups in total. The van der Waals surface area contributed by atoms with Gasteiger partial charge in [0, 0.05) is 12.6 Å². The molecule has 1 aromatic carbocycles. The zero-order valence-electron chi connectivity index (χ0n) is 12.4. The number of amides is 2. The van der Waals surface area contributed by atoms with Gasteiger partial charge in [-0.3, -0.25) is 0 Å². The summed E-state index contributed by atoms with van der Waals surface area (Å²) in [6.07, 6.45) is 2.84. The van der Waals surface area contributed by atoms with Gasteiger partial charge in [-0.25, -0.2) is 4.79 Å². The average molecular weight is 343 g/mol. The molecule has 1 heterocycles. The number of benzene rings is 1. The Hall–Kier alpha value is -0.970. The average Bonchev–Trinajstić information content (AvgIpc) is 2.82. The fourth-order valence-corrected chi connectivity index (χ4v) is 3.40. The van der Waals surface area contributed by atoms with Gasteiger partial charge in [0.1, 0.15) is 0 Å². The highest BCUT2D eigenvalue weighted by Gasteiger charge is 2.33. The maximum Gasteiger partial charge on any atom is 0.315 e. The number of urea groups is 1. The third-order valence-corrected chi connectivity index (χ3v) is 5.32. The summed E-state index contributed by atoms with van der Waals surface area (Å²) in [6.45, 7) is 2.70. The van der Waals surface area contributed by atoms with E-state index in [0.29, 0.717) is 16.0 Å². The lowest BCUT2D eigenvalue weighted by Gasteiger charge is -2.36. The van der Waals surface area contributed by atoms with Gasteiger partial charge in [-0.15, -0.1) is 0 Å². The summed E-state index contributed by atoms with van der Waals surface area (Å²) in [5, 5.41) is 7.17. The highest BCUT2D eigenvalue weighted by atomic mass is 35.5. The van der Waals surface area contributed by atoms with Crippen LogP contribution in [0.3, 0.4) is 0 Å². The molecular weight excluding hydrogens is 323 g/mol. The van der Waals surface area contributed by atoms with Crippen LogP contribution in [0.5, 0.6) is 0 Å². The molecule has 0 unspecified atom stereocenters. The number of hydrogen-bond donors (Lipinski definition) is 2. The molecule has 1 aromatic rings. The highest BCUT2D eigenvalue weighted by molar-refractivity contribution is 6.42. The van der Waals surface area contributed by atoms with Gasteiger partial charge in [0.2, 0.25) is 0 Å². The Morgan fingerprint density at radius 1 is 1.23 bits per heavy atom. The van der Waals surface area contributed by atoms with E-state index in [0.717, 1.165) is 25.9 Å². The van der Waals surface area contributed by atoms with Crippen LogP contribution >= 0.6 is 23.2 Å². The Morgan fingerprint density at radius 2 is 2.00 bits per heavy atom. The molecule has 0 aromatic heterocycles. The van der Waals surface area contributed by atoms with Crippen LogP contribution in [0, 0.1) is 0 Å². The molecule has 22 heavy (non-hydrogen) atoms. The second-order valence-electron chi connectivity index (χ2n) is 6.13. The molecule has 0 bridgehead atoms. The quantitative estimate of drug-likeness (QED) is 0.879. The number of halogens is 2. The van der Waals surface area contributed by atoms with Crippen molar-refractivity contribution in [3.63, 3.8) is 0 Å². The normalized spacial score (nSPS) is 30.7. The molecule has 1 saturated heterocycles. The molecule has 0 spiro atoms. The van der Waals surface area contributed by atoms with Crippen LogP contribution < -0.4 is 10.6 Å². The smallest absolute Gasteiger partial charge is 0.315 e. The molecule has 2 atom stereocenters. The molecule has 2 aliphatic rings. The van der Waals surface area contributed by atoms with Crippen molar-refractivity contribution in [3.8, 4) is 0 Å². The number of rotatable bonds is 3. The van der Waals surface area contributed by atoms with Gasteiger partial charge in [-0.2, -0.15) is 0 Å². The molecule has 120 valence electrons. The first-order valence-electron chi connectivity index (χ1n) is 7.66. The molecule has 3 rings (SSSR count). The van der Waals surface area contributed by atoms with Gasteiger partial charge in [0.25, 0.3) is 0 Å². The van der Waals surface area contributed by atoms with Crippen molar-refractivity contribution in [2.45, 2.75) is 50.3 Å². The summed E-state index contributed by atoms with van der Waals surface area (Å²) < 4.78 is 5.44. The van der Waals surface area contributed by atoms with Crippen LogP contribution in [-0.2, 0) is 4.74 Å². The Balaban J connectivity index is 1.45. The maximum atomic E-state index is 12.0. The van der Waals surface area contributed by atoms with E-state index in [9.17, 15) is 4.79 Å². The molecule has 1 aliphatic carbocycles. The SMILES string of the molecule is C[C@H]1OCC[C@H]1NC(=O)NC1CC(c2ccc(Cl)c(Cl)c2)C1. The zero-order chi connectivity index (χ0) is 15.7. The minimum atomic E-state index is -0.0973. The Morgan fingerprint density at radius 3 is 2.64 bits per heavy atom. The largest absolute Gasteiger partial charge is 0.376 e. The van der Waals surface area contributed by atoms with Gasteiger partial charge in [-0.05, 0) is 49.8 Å². The van der Waals surface area contributed by atoms with E-state index in [1.165, 1.54) is 5.56 Å². The van der Waals surface area contributed by atoms with Gasteiger partial charge in [0.15, 0.2) is 0 Å². The lowest BCUT2D eigenvalue weighted by Crippen LogP contribution is -2.51. The monoisotopic (exact) mass is 342 g/mol. The fourth-order valence-electron chi connectivity index (χ4n) is 3.09. The second-order valence-corrected chi connectivity index (χ2v) is 6.94. The molecule has 1 saturated carbocycles. The van der Waals surface area contributed by atoms with Crippen LogP contribution in [0.1, 0.15) is 37.7 Å². The van der Waals surface area contributed by atoms with Crippen molar-refractivity contribution < 1.29 is 9.53 Å². The third kappa shape index (κ3) is 3.50. The molecule has 6 heteroatoms. The number of carbonyl (C=O) groups excluding carboxylic acids is 1. The second kappa shape index (κ2) is 6.65. The van der Waals surface area contributed by atoms with Crippen LogP contribution in [0.15, 0.2) is 18.2 Å². The molecule has 0 radical (unpaired) electrons. The van der Waals surface area contributed by atoms with Gasteiger partial charge < -0.3 is 15.4 Å². The van der Waals surface area contributed by atoms with Crippen molar-refractivity contribution in [2.75, 3.05) is 6.61 Å². The van der Waals surface area contributed by atoms with Crippen LogP contribution in [0.2, 0.25) is 10.0 Å². The van der Waals surface area contributed by atoms with Crippen LogP contribution in [0.4, 0.5) is 4.79 Å². The van der Waals surface area contributed by atoms with Crippen molar-refractivity contribution in [1.82, 2.24) is 10.6 Å². The molecule has 2 fully saturated rings. The molecule has 2 amide bonds. The number of hydrogen-bond acceptors (Lipinski definition) is 2. The van der Waals surface area contributed by atoms with E-state index >= 15 is 0 Å². The summed E-state index contributed by atoms with van der Waals surface area (Å²) in [5.74, 6) is 0.439. The van der Waals surface area contributed by atoms with E-state index in [4.69, 9.17) is 27.9 Å². The first kappa shape index (κ1) is 15.9. The Bertz CT molecular complexity index is 561. The van der Waals surface area contributed by atoms with E-state index < -0.39 is 0 Å². The van der Waals surface area contributed by atoms with Crippen molar-refractivity contribution in [2.24, 2.45) is 0 Å². The fraction of sp³-hybridized carbons (Fsp3) is 0.562. The lowest BCUT2D eigenvalue weighted by molar-refractivity contribution is 0.113. The first-order chi connectivity index (χ1) is 10.5. The summed E-state index contributed by atoms with van der Waals surface area (Å²) in [5.41, 5.74) is 1.19. The summed E-state index contributed by atoms with van der Waals surface area (Å²) in [4.78, 5) is 12.0. The number of ether oxygens (including phenoxy) is 1. The van der Waals surface area contributed by atoms with Crippen LogP contribution in [0.25, 0.3) is 0 Å². The standard InChI is InChI=1S/C16H20Cl2N2O2/c1-9-15(4-5-22-9)20-16(21)19-12-6-11(7-12)10-2-3-13(17)14(18)8-10/h2-3,8-9,11-12,15H,4-7H2,1H3,(H2,19,20,21)/t9-,11?,12?,15-/m1/s1. The number of carbonyl (C=O) groups is 1. The number of nitrogens with one attached hydrogen (secondary N) is 2. The maximum absolute atomic E-state index is 12.0.